The summed E-state index contributed by atoms with van der Waals surface area (Å²) in [7, 11) is 0. The van der Waals surface area contributed by atoms with Crippen molar-refractivity contribution in [3.63, 3.8) is 0 Å². The van der Waals surface area contributed by atoms with Crippen LogP contribution in [-0.2, 0) is 9.53 Å². The Labute approximate surface area is 180 Å². The first kappa shape index (κ1) is 20.8. The summed E-state index contributed by atoms with van der Waals surface area (Å²) in [5.74, 6) is 0.461. The van der Waals surface area contributed by atoms with E-state index in [9.17, 15) is 9.59 Å². The Morgan fingerprint density at radius 3 is 2.77 bits per heavy atom. The summed E-state index contributed by atoms with van der Waals surface area (Å²) in [4.78, 5) is 31.7. The second-order valence-electron chi connectivity index (χ2n) is 8.81. The molecule has 1 saturated heterocycles. The van der Waals surface area contributed by atoms with Gasteiger partial charge in [-0.25, -0.2) is 9.78 Å². The monoisotopic (exact) mass is 428 g/mol. The molecule has 0 aliphatic carbocycles. The average Bonchev–Trinajstić information content (AvgIpc) is 3.12. The van der Waals surface area contributed by atoms with E-state index < -0.39 is 5.60 Å². The number of hydrogen-bond acceptors (Lipinski definition) is 5. The number of thioether (sulfide) groups is 1. The molecular formula is C22H28N4O3S. The van der Waals surface area contributed by atoms with E-state index in [1.807, 2.05) is 45.0 Å². The van der Waals surface area contributed by atoms with E-state index in [0.29, 0.717) is 30.5 Å². The quantitative estimate of drug-likeness (QED) is 0.798. The highest BCUT2D eigenvalue weighted by atomic mass is 32.2. The van der Waals surface area contributed by atoms with Gasteiger partial charge in [-0.05, 0) is 64.2 Å². The molecule has 30 heavy (non-hydrogen) atoms. The van der Waals surface area contributed by atoms with Gasteiger partial charge in [0.15, 0.2) is 0 Å². The van der Waals surface area contributed by atoms with Crippen molar-refractivity contribution >= 4 is 35.5 Å². The molecule has 8 heteroatoms. The summed E-state index contributed by atoms with van der Waals surface area (Å²) in [6.45, 7) is 7.71. The smallest absolute Gasteiger partial charge is 0.410 e. The molecule has 4 heterocycles. The lowest BCUT2D eigenvalue weighted by molar-refractivity contribution is -0.116. The van der Waals surface area contributed by atoms with Crippen molar-refractivity contribution in [2.45, 2.75) is 50.7 Å². The van der Waals surface area contributed by atoms with Crippen LogP contribution >= 0.6 is 11.8 Å². The minimum absolute atomic E-state index is 0.0457. The van der Waals surface area contributed by atoms with Crippen LogP contribution in [0.5, 0.6) is 0 Å². The fourth-order valence-corrected chi connectivity index (χ4v) is 4.81. The molecule has 1 N–H and O–H groups in total. The third kappa shape index (κ3) is 4.64. The van der Waals surface area contributed by atoms with E-state index in [-0.39, 0.29) is 12.0 Å². The molecule has 0 spiro atoms. The van der Waals surface area contributed by atoms with Crippen LogP contribution in [0.2, 0.25) is 0 Å². The number of rotatable bonds is 4. The summed E-state index contributed by atoms with van der Waals surface area (Å²) in [6.07, 6.45) is 6.25. The minimum Gasteiger partial charge on any atom is -0.444 e. The van der Waals surface area contributed by atoms with E-state index >= 15 is 0 Å². The lowest BCUT2D eigenvalue weighted by atomic mass is 9.94. The van der Waals surface area contributed by atoms with E-state index in [1.54, 1.807) is 11.1 Å². The van der Waals surface area contributed by atoms with Gasteiger partial charge in [0.05, 0.1) is 21.8 Å². The number of carbonyl (C=O) groups excluding carboxylic acids is 2. The van der Waals surface area contributed by atoms with Crippen molar-refractivity contribution in [3.8, 4) is 0 Å². The maximum atomic E-state index is 12.7. The minimum atomic E-state index is -0.465. The lowest BCUT2D eigenvalue weighted by Crippen LogP contribution is -2.42. The number of hydrogen-bond donors (Lipinski definition) is 1. The number of pyridine rings is 1. The zero-order valence-corrected chi connectivity index (χ0v) is 18.5. The summed E-state index contributed by atoms with van der Waals surface area (Å²) in [6, 6.07) is 5.92. The Kier molecular flexibility index (Phi) is 5.77. The molecule has 0 atom stereocenters. The zero-order chi connectivity index (χ0) is 21.3. The van der Waals surface area contributed by atoms with Crippen molar-refractivity contribution in [2.24, 2.45) is 5.92 Å². The molecule has 2 aliphatic rings. The number of imidazole rings is 1. The Bertz CT molecular complexity index is 984. The van der Waals surface area contributed by atoms with Gasteiger partial charge in [-0.15, -0.1) is 0 Å². The highest BCUT2D eigenvalue weighted by molar-refractivity contribution is 8.04. The SMILES string of the molecule is CC(C)(C)OC(=O)N1CCC(CCNC(=O)C2=Cc3cnc4cccc(n34)S2)CC1. The summed E-state index contributed by atoms with van der Waals surface area (Å²) >= 11 is 1.47. The van der Waals surface area contributed by atoms with Crippen molar-refractivity contribution in [2.75, 3.05) is 19.6 Å². The Morgan fingerprint density at radius 1 is 1.27 bits per heavy atom. The van der Waals surface area contributed by atoms with Gasteiger partial charge in [0.1, 0.15) is 11.2 Å². The highest BCUT2D eigenvalue weighted by Crippen LogP contribution is 2.34. The van der Waals surface area contributed by atoms with Crippen molar-refractivity contribution < 1.29 is 14.3 Å². The standard InChI is InChI=1S/C22H28N4O3S/c1-22(2,3)29-21(28)25-11-8-15(9-12-25)7-10-23-20(27)17-13-16-14-24-18-5-4-6-19(30-17)26(16)18/h4-6,13-15H,7-12H2,1-3H3,(H,23,27). The van der Waals surface area contributed by atoms with Crippen LogP contribution in [0.4, 0.5) is 4.79 Å². The van der Waals surface area contributed by atoms with Gasteiger partial charge in [-0.3, -0.25) is 9.20 Å². The summed E-state index contributed by atoms with van der Waals surface area (Å²) in [5.41, 5.74) is 1.36. The molecule has 2 aromatic heterocycles. The molecule has 0 unspecified atom stereocenters. The highest BCUT2D eigenvalue weighted by Gasteiger charge is 2.27. The van der Waals surface area contributed by atoms with E-state index in [4.69, 9.17) is 4.74 Å². The molecule has 0 aromatic carbocycles. The Hall–Kier alpha value is -2.48. The molecule has 160 valence electrons. The summed E-state index contributed by atoms with van der Waals surface area (Å²) < 4.78 is 7.50. The fourth-order valence-electron chi connectivity index (χ4n) is 3.81. The van der Waals surface area contributed by atoms with Crippen molar-refractivity contribution in [1.29, 1.82) is 0 Å². The normalized spacial score (nSPS) is 17.0. The van der Waals surface area contributed by atoms with Crippen molar-refractivity contribution in [3.05, 3.63) is 35.0 Å². The van der Waals surface area contributed by atoms with Gasteiger partial charge in [0, 0.05) is 19.6 Å². The molecule has 0 saturated carbocycles. The van der Waals surface area contributed by atoms with Gasteiger partial charge >= 0.3 is 6.09 Å². The van der Waals surface area contributed by atoms with Crippen LogP contribution in [0.3, 0.4) is 0 Å². The molecule has 2 aromatic rings. The summed E-state index contributed by atoms with van der Waals surface area (Å²) in [5, 5.41) is 4.06. The van der Waals surface area contributed by atoms with E-state index in [1.165, 1.54) is 11.8 Å². The van der Waals surface area contributed by atoms with Gasteiger partial charge in [0.25, 0.3) is 5.91 Å². The molecule has 7 nitrogen and oxygen atoms in total. The number of carbonyl (C=O) groups is 2. The number of nitrogens with one attached hydrogen (secondary N) is 1. The molecule has 2 amide bonds. The third-order valence-electron chi connectivity index (χ3n) is 5.34. The number of ether oxygens (including phenoxy) is 1. The Morgan fingerprint density at radius 2 is 2.03 bits per heavy atom. The molecule has 0 bridgehead atoms. The first-order valence-electron chi connectivity index (χ1n) is 10.4. The fraction of sp³-hybridized carbons (Fsp3) is 0.500. The first-order valence-corrected chi connectivity index (χ1v) is 11.2. The van der Waals surface area contributed by atoms with Gasteiger partial charge in [0.2, 0.25) is 0 Å². The van der Waals surface area contributed by atoms with Crippen LogP contribution in [-0.4, -0.2) is 51.5 Å². The zero-order valence-electron chi connectivity index (χ0n) is 17.7. The third-order valence-corrected chi connectivity index (χ3v) is 6.39. The Balaban J connectivity index is 1.23. The predicted molar refractivity (Wildman–Crippen MR) is 117 cm³/mol. The number of likely N-dealkylation sites (tertiary alicyclic amines) is 1. The average molecular weight is 429 g/mol. The maximum Gasteiger partial charge on any atom is 0.410 e. The number of aromatic nitrogens is 2. The largest absolute Gasteiger partial charge is 0.444 e. The second kappa shape index (κ2) is 8.34. The van der Waals surface area contributed by atoms with Gasteiger partial charge < -0.3 is 15.0 Å². The lowest BCUT2D eigenvalue weighted by Gasteiger charge is -2.33. The van der Waals surface area contributed by atoms with Crippen LogP contribution in [0.15, 0.2) is 34.3 Å². The van der Waals surface area contributed by atoms with Crippen molar-refractivity contribution in [1.82, 2.24) is 19.6 Å². The van der Waals surface area contributed by atoms with E-state index in [2.05, 4.69) is 14.7 Å². The second-order valence-corrected chi connectivity index (χ2v) is 9.87. The number of piperidine rings is 1. The number of amides is 2. The molecular weight excluding hydrogens is 400 g/mol. The van der Waals surface area contributed by atoms with Crippen LogP contribution in [0.25, 0.3) is 11.7 Å². The van der Waals surface area contributed by atoms with Gasteiger partial charge in [-0.2, -0.15) is 0 Å². The molecule has 2 aliphatic heterocycles. The predicted octanol–water partition coefficient (Wildman–Crippen LogP) is 3.93. The van der Waals surface area contributed by atoms with E-state index in [0.717, 1.165) is 35.6 Å². The first-order chi connectivity index (χ1) is 14.3. The molecule has 4 rings (SSSR count). The van der Waals surface area contributed by atoms with Crippen LogP contribution < -0.4 is 5.32 Å². The van der Waals surface area contributed by atoms with Gasteiger partial charge in [-0.1, -0.05) is 17.8 Å². The molecule has 1 fully saturated rings. The topological polar surface area (TPSA) is 75.9 Å². The van der Waals surface area contributed by atoms with Crippen LogP contribution in [0, 0.1) is 5.92 Å². The maximum absolute atomic E-state index is 12.7. The van der Waals surface area contributed by atoms with Crippen LogP contribution in [0.1, 0.15) is 45.7 Å². The number of nitrogens with zero attached hydrogens (tertiary/aromatic N) is 3. The molecule has 0 radical (unpaired) electrons.